The zero-order valence-electron chi connectivity index (χ0n) is 13.3. The number of nitrogens with zero attached hydrogens (tertiary/aromatic N) is 2. The molecule has 1 unspecified atom stereocenters. The number of benzene rings is 1. The van der Waals surface area contributed by atoms with E-state index >= 15 is 0 Å². The Bertz CT molecular complexity index is 901. The highest BCUT2D eigenvalue weighted by Gasteiger charge is 2.34. The van der Waals surface area contributed by atoms with Crippen LogP contribution in [0.2, 0.25) is 5.02 Å². The van der Waals surface area contributed by atoms with Crippen LogP contribution in [0.25, 0.3) is 0 Å². The highest BCUT2D eigenvalue weighted by Crippen LogP contribution is 2.34. The van der Waals surface area contributed by atoms with Gasteiger partial charge < -0.3 is 10.0 Å². The van der Waals surface area contributed by atoms with Gasteiger partial charge in [-0.05, 0) is 24.1 Å². The number of sulfone groups is 1. The summed E-state index contributed by atoms with van der Waals surface area (Å²) in [6.45, 7) is 0.376. The Morgan fingerprint density at radius 1 is 1.24 bits per heavy atom. The molecule has 1 aromatic heterocycles. The first-order chi connectivity index (χ1) is 11.9. The molecule has 3 rings (SSSR count). The first kappa shape index (κ1) is 17.7. The maximum Gasteiger partial charge on any atom is 0.255 e. The normalized spacial score (nSPS) is 20.0. The molecule has 25 heavy (non-hydrogen) atoms. The zero-order valence-corrected chi connectivity index (χ0v) is 14.9. The molecule has 1 amide bonds. The third kappa shape index (κ3) is 3.77. The van der Waals surface area contributed by atoms with Gasteiger partial charge in [0.05, 0.1) is 22.8 Å². The minimum atomic E-state index is -3.44. The van der Waals surface area contributed by atoms with Crippen LogP contribution >= 0.6 is 11.6 Å². The van der Waals surface area contributed by atoms with Crippen molar-refractivity contribution in [2.75, 3.05) is 18.8 Å². The van der Waals surface area contributed by atoms with Crippen molar-refractivity contribution in [3.63, 3.8) is 0 Å². The van der Waals surface area contributed by atoms with Crippen LogP contribution in [0.15, 0.2) is 42.7 Å². The Labute approximate surface area is 151 Å². The van der Waals surface area contributed by atoms with Gasteiger partial charge >= 0.3 is 0 Å². The number of aromatic nitrogens is 1. The maximum absolute atomic E-state index is 12.7. The van der Waals surface area contributed by atoms with Crippen molar-refractivity contribution in [3.05, 3.63) is 58.9 Å². The maximum atomic E-state index is 12.7. The summed E-state index contributed by atoms with van der Waals surface area (Å²) in [7, 11) is -3.44. The van der Waals surface area contributed by atoms with Gasteiger partial charge in [-0.25, -0.2) is 8.42 Å². The average Bonchev–Trinajstić information content (AvgIpc) is 2.73. The van der Waals surface area contributed by atoms with E-state index in [9.17, 15) is 18.3 Å². The minimum Gasteiger partial charge on any atom is -0.506 e. The monoisotopic (exact) mass is 380 g/mol. The van der Waals surface area contributed by atoms with E-state index in [4.69, 9.17) is 11.6 Å². The first-order valence-electron chi connectivity index (χ1n) is 7.78. The minimum absolute atomic E-state index is 0.0950. The average molecular weight is 381 g/mol. The SMILES string of the molecule is O=C(c1cncc(O)c1)N1CCC(c2ccccc2Cl)S(=O)(=O)CC1. The zero-order chi connectivity index (χ0) is 18.0. The molecule has 1 saturated heterocycles. The first-order valence-corrected chi connectivity index (χ1v) is 9.87. The standard InChI is InChI=1S/C17H17ClN2O4S/c18-15-4-2-1-3-14(15)16-5-6-20(7-8-25(16,23)24)17(22)12-9-13(21)11-19-10-12/h1-4,9-11,16,21H,5-8H2. The molecule has 2 aromatic rings. The molecule has 1 aliphatic heterocycles. The number of pyridine rings is 1. The van der Waals surface area contributed by atoms with E-state index in [0.29, 0.717) is 10.6 Å². The fraction of sp³-hybridized carbons (Fsp3) is 0.294. The highest BCUT2D eigenvalue weighted by molar-refractivity contribution is 7.91. The lowest BCUT2D eigenvalue weighted by Crippen LogP contribution is -2.33. The second-order valence-corrected chi connectivity index (χ2v) is 8.60. The van der Waals surface area contributed by atoms with Crippen LogP contribution in [0.5, 0.6) is 5.75 Å². The topological polar surface area (TPSA) is 87.6 Å². The Hall–Kier alpha value is -2.12. The summed E-state index contributed by atoms with van der Waals surface area (Å²) in [6, 6.07) is 8.20. The van der Waals surface area contributed by atoms with E-state index < -0.39 is 15.1 Å². The van der Waals surface area contributed by atoms with Gasteiger partial charge in [0.15, 0.2) is 9.84 Å². The molecule has 8 heteroatoms. The van der Waals surface area contributed by atoms with Gasteiger partial charge in [0.25, 0.3) is 5.91 Å². The van der Waals surface area contributed by atoms with Gasteiger partial charge in [0, 0.05) is 24.3 Å². The summed E-state index contributed by atoms with van der Waals surface area (Å²) in [5.74, 6) is -0.596. The number of hydrogen-bond acceptors (Lipinski definition) is 5. The Balaban J connectivity index is 1.85. The number of halogens is 1. The van der Waals surface area contributed by atoms with Crippen molar-refractivity contribution in [2.45, 2.75) is 11.7 Å². The second kappa shape index (κ2) is 7.01. The Morgan fingerprint density at radius 2 is 2.00 bits per heavy atom. The number of amides is 1. The molecule has 1 aromatic carbocycles. The van der Waals surface area contributed by atoms with Crippen molar-refractivity contribution in [2.24, 2.45) is 0 Å². The molecule has 0 bridgehead atoms. The lowest BCUT2D eigenvalue weighted by atomic mass is 10.1. The fourth-order valence-electron chi connectivity index (χ4n) is 2.96. The predicted octanol–water partition coefficient (Wildman–Crippen LogP) is 2.44. The van der Waals surface area contributed by atoms with E-state index in [1.165, 1.54) is 23.4 Å². The molecule has 0 spiro atoms. The van der Waals surface area contributed by atoms with Crippen LogP contribution in [0.4, 0.5) is 0 Å². The molecule has 1 N–H and O–H groups in total. The van der Waals surface area contributed by atoms with Gasteiger partial charge in [-0.2, -0.15) is 0 Å². The molecular weight excluding hydrogens is 364 g/mol. The van der Waals surface area contributed by atoms with Crippen molar-refractivity contribution in [1.82, 2.24) is 9.88 Å². The molecule has 132 valence electrons. The van der Waals surface area contributed by atoms with E-state index in [-0.39, 0.29) is 42.5 Å². The van der Waals surface area contributed by atoms with Crippen LogP contribution in [-0.4, -0.2) is 48.2 Å². The van der Waals surface area contributed by atoms with Crippen molar-refractivity contribution >= 4 is 27.3 Å². The number of carbonyl (C=O) groups is 1. The Kier molecular flexibility index (Phi) is 4.96. The molecule has 1 fully saturated rings. The van der Waals surface area contributed by atoms with Gasteiger partial charge in [0.2, 0.25) is 0 Å². The van der Waals surface area contributed by atoms with Gasteiger partial charge in [-0.1, -0.05) is 29.8 Å². The van der Waals surface area contributed by atoms with Crippen molar-refractivity contribution < 1.29 is 18.3 Å². The van der Waals surface area contributed by atoms with Gasteiger partial charge in [-0.3, -0.25) is 9.78 Å². The van der Waals surface area contributed by atoms with Crippen LogP contribution in [0.3, 0.4) is 0 Å². The summed E-state index contributed by atoms with van der Waals surface area (Å²) < 4.78 is 25.3. The summed E-state index contributed by atoms with van der Waals surface area (Å²) in [4.78, 5) is 17.8. The summed E-state index contributed by atoms with van der Waals surface area (Å²) >= 11 is 6.17. The summed E-state index contributed by atoms with van der Waals surface area (Å²) in [6.07, 6.45) is 2.86. The lowest BCUT2D eigenvalue weighted by molar-refractivity contribution is 0.0765. The fourth-order valence-corrected chi connectivity index (χ4v) is 5.11. The largest absolute Gasteiger partial charge is 0.506 e. The van der Waals surface area contributed by atoms with Crippen molar-refractivity contribution in [1.29, 1.82) is 0 Å². The second-order valence-electron chi connectivity index (χ2n) is 5.89. The predicted molar refractivity (Wildman–Crippen MR) is 94.4 cm³/mol. The molecule has 0 aliphatic carbocycles. The van der Waals surface area contributed by atoms with Crippen molar-refractivity contribution in [3.8, 4) is 5.75 Å². The van der Waals surface area contributed by atoms with E-state index in [2.05, 4.69) is 4.98 Å². The Morgan fingerprint density at radius 3 is 2.72 bits per heavy atom. The van der Waals surface area contributed by atoms with Crippen LogP contribution in [-0.2, 0) is 9.84 Å². The number of rotatable bonds is 2. The van der Waals surface area contributed by atoms with Crippen LogP contribution < -0.4 is 0 Å². The highest BCUT2D eigenvalue weighted by atomic mass is 35.5. The third-order valence-corrected chi connectivity index (χ3v) is 6.70. The van der Waals surface area contributed by atoms with E-state index in [1.807, 2.05) is 0 Å². The smallest absolute Gasteiger partial charge is 0.255 e. The number of aromatic hydroxyl groups is 1. The number of hydrogen-bond donors (Lipinski definition) is 1. The molecule has 6 nitrogen and oxygen atoms in total. The molecule has 1 aliphatic rings. The van der Waals surface area contributed by atoms with Crippen LogP contribution in [0, 0.1) is 0 Å². The van der Waals surface area contributed by atoms with E-state index in [1.54, 1.807) is 24.3 Å². The van der Waals surface area contributed by atoms with E-state index in [0.717, 1.165) is 0 Å². The van der Waals surface area contributed by atoms with Gasteiger partial charge in [0.1, 0.15) is 5.75 Å². The quantitative estimate of drug-likeness (QED) is 0.864. The van der Waals surface area contributed by atoms with Gasteiger partial charge in [-0.15, -0.1) is 0 Å². The molecular formula is C17H17ClN2O4S. The van der Waals surface area contributed by atoms with Crippen LogP contribution in [0.1, 0.15) is 27.6 Å². The summed E-state index contributed by atoms with van der Waals surface area (Å²) in [5.41, 5.74) is 0.797. The third-order valence-electron chi connectivity index (χ3n) is 4.25. The number of carbonyl (C=O) groups excluding carboxylic acids is 1. The molecule has 0 saturated carbocycles. The molecule has 0 radical (unpaired) electrons. The summed E-state index contributed by atoms with van der Waals surface area (Å²) in [5, 5.41) is 9.15. The molecule has 1 atom stereocenters. The lowest BCUT2D eigenvalue weighted by Gasteiger charge is -2.20. The molecule has 2 heterocycles.